The second-order valence-electron chi connectivity index (χ2n) is 4.57. The molecule has 2 rings (SSSR count). The van der Waals surface area contributed by atoms with Crippen molar-refractivity contribution in [3.05, 3.63) is 29.8 Å². The number of hydrogen-bond acceptors (Lipinski definition) is 3. The van der Waals surface area contributed by atoms with Crippen LogP contribution in [0.25, 0.3) is 0 Å². The van der Waals surface area contributed by atoms with Gasteiger partial charge < -0.3 is 16.4 Å². The predicted octanol–water partition coefficient (Wildman–Crippen LogP) is 1.29. The van der Waals surface area contributed by atoms with Gasteiger partial charge >= 0.3 is 0 Å². The van der Waals surface area contributed by atoms with Crippen LogP contribution in [0.3, 0.4) is 0 Å². The van der Waals surface area contributed by atoms with E-state index in [1.807, 2.05) is 0 Å². The number of amides is 2. The Morgan fingerprint density at radius 3 is 2.53 bits per heavy atom. The lowest BCUT2D eigenvalue weighted by molar-refractivity contribution is -0.117. The maximum atomic E-state index is 12.0. The molecule has 4 N–H and O–H groups in total. The Bertz CT molecular complexity index is 473. The SMILES string of the molecule is C[C@@H](N)C(=O)Nc1ccccc1C(=O)NC1CC1.Cl. The van der Waals surface area contributed by atoms with Gasteiger partial charge in [0, 0.05) is 6.04 Å². The molecule has 1 saturated carbocycles. The molecule has 2 amide bonds. The van der Waals surface area contributed by atoms with Crippen molar-refractivity contribution in [2.45, 2.75) is 31.8 Å². The maximum Gasteiger partial charge on any atom is 0.253 e. The first-order valence-electron chi connectivity index (χ1n) is 6.04. The summed E-state index contributed by atoms with van der Waals surface area (Å²) in [5, 5.41) is 5.55. The van der Waals surface area contributed by atoms with Crippen LogP contribution in [0.1, 0.15) is 30.1 Å². The van der Waals surface area contributed by atoms with Crippen molar-refractivity contribution in [1.82, 2.24) is 5.32 Å². The van der Waals surface area contributed by atoms with Crippen LogP contribution in [0.5, 0.6) is 0 Å². The first kappa shape index (κ1) is 15.5. The summed E-state index contributed by atoms with van der Waals surface area (Å²) >= 11 is 0. The third kappa shape index (κ3) is 4.22. The van der Waals surface area contributed by atoms with E-state index in [1.165, 1.54) is 0 Å². The highest BCUT2D eigenvalue weighted by Crippen LogP contribution is 2.21. The van der Waals surface area contributed by atoms with Gasteiger partial charge in [-0.2, -0.15) is 0 Å². The smallest absolute Gasteiger partial charge is 0.253 e. The van der Waals surface area contributed by atoms with E-state index in [9.17, 15) is 9.59 Å². The van der Waals surface area contributed by atoms with Gasteiger partial charge in [0.2, 0.25) is 5.91 Å². The van der Waals surface area contributed by atoms with Crippen molar-refractivity contribution in [1.29, 1.82) is 0 Å². The molecule has 1 aliphatic carbocycles. The Hall–Kier alpha value is -1.59. The molecule has 0 spiro atoms. The molecule has 0 heterocycles. The van der Waals surface area contributed by atoms with Gasteiger partial charge in [0.25, 0.3) is 5.91 Å². The lowest BCUT2D eigenvalue weighted by atomic mass is 10.1. The predicted molar refractivity (Wildman–Crippen MR) is 76.5 cm³/mol. The van der Waals surface area contributed by atoms with Crippen LogP contribution < -0.4 is 16.4 Å². The van der Waals surface area contributed by atoms with Gasteiger partial charge in [0.15, 0.2) is 0 Å². The van der Waals surface area contributed by atoms with E-state index in [4.69, 9.17) is 5.73 Å². The third-order valence-electron chi connectivity index (χ3n) is 2.76. The number of para-hydroxylation sites is 1. The van der Waals surface area contributed by atoms with E-state index in [-0.39, 0.29) is 30.3 Å². The zero-order chi connectivity index (χ0) is 13.1. The summed E-state index contributed by atoms with van der Waals surface area (Å²) in [6.07, 6.45) is 2.06. The topological polar surface area (TPSA) is 84.2 Å². The molecule has 0 radical (unpaired) electrons. The molecule has 1 aromatic rings. The highest BCUT2D eigenvalue weighted by molar-refractivity contribution is 6.04. The number of halogens is 1. The molecule has 0 aliphatic heterocycles. The third-order valence-corrected chi connectivity index (χ3v) is 2.76. The largest absolute Gasteiger partial charge is 0.349 e. The molecule has 0 unspecified atom stereocenters. The number of benzene rings is 1. The van der Waals surface area contributed by atoms with Crippen LogP contribution in [-0.2, 0) is 4.79 Å². The molecule has 1 fully saturated rings. The fourth-order valence-corrected chi connectivity index (χ4v) is 1.53. The number of rotatable bonds is 4. The van der Waals surface area contributed by atoms with Crippen LogP contribution in [0.2, 0.25) is 0 Å². The molecule has 5 nitrogen and oxygen atoms in total. The number of nitrogens with two attached hydrogens (primary N) is 1. The van der Waals surface area contributed by atoms with Crippen molar-refractivity contribution in [3.8, 4) is 0 Å². The van der Waals surface area contributed by atoms with E-state index in [1.54, 1.807) is 31.2 Å². The van der Waals surface area contributed by atoms with Crippen LogP contribution in [0.15, 0.2) is 24.3 Å². The molecule has 1 atom stereocenters. The quantitative estimate of drug-likeness (QED) is 0.778. The van der Waals surface area contributed by atoms with Crippen molar-refractivity contribution < 1.29 is 9.59 Å². The lowest BCUT2D eigenvalue weighted by Crippen LogP contribution is -2.33. The first-order chi connectivity index (χ1) is 8.58. The molecule has 1 aliphatic rings. The average molecular weight is 284 g/mol. The van der Waals surface area contributed by atoms with Gasteiger partial charge in [-0.25, -0.2) is 0 Å². The van der Waals surface area contributed by atoms with Crippen LogP contribution in [0.4, 0.5) is 5.69 Å². The highest BCUT2D eigenvalue weighted by atomic mass is 35.5. The summed E-state index contributed by atoms with van der Waals surface area (Å²) in [5.41, 5.74) is 6.46. The number of nitrogens with one attached hydrogen (secondary N) is 2. The minimum Gasteiger partial charge on any atom is -0.349 e. The summed E-state index contributed by atoms with van der Waals surface area (Å²) in [4.78, 5) is 23.5. The Labute approximate surface area is 118 Å². The Morgan fingerprint density at radius 1 is 1.32 bits per heavy atom. The average Bonchev–Trinajstić information content (AvgIpc) is 3.13. The molecule has 104 valence electrons. The van der Waals surface area contributed by atoms with Gasteiger partial charge in [-0.1, -0.05) is 12.1 Å². The molecular weight excluding hydrogens is 266 g/mol. The van der Waals surface area contributed by atoms with Gasteiger partial charge in [-0.05, 0) is 31.9 Å². The number of carbonyl (C=O) groups is 2. The molecule has 0 aromatic heterocycles. The molecule has 1 aromatic carbocycles. The molecule has 6 heteroatoms. The fraction of sp³-hybridized carbons (Fsp3) is 0.385. The second-order valence-corrected chi connectivity index (χ2v) is 4.57. The number of anilines is 1. The summed E-state index contributed by atoms with van der Waals surface area (Å²) in [6, 6.07) is 6.60. The minimum atomic E-state index is -0.607. The number of carbonyl (C=O) groups excluding carboxylic acids is 2. The fourth-order valence-electron chi connectivity index (χ4n) is 1.53. The lowest BCUT2D eigenvalue weighted by Gasteiger charge is -2.12. The van der Waals surface area contributed by atoms with E-state index in [0.29, 0.717) is 11.3 Å². The van der Waals surface area contributed by atoms with Gasteiger partial charge in [-0.15, -0.1) is 12.4 Å². The molecule has 0 saturated heterocycles. The van der Waals surface area contributed by atoms with Gasteiger partial charge in [0.05, 0.1) is 17.3 Å². The zero-order valence-corrected chi connectivity index (χ0v) is 11.5. The number of hydrogen-bond donors (Lipinski definition) is 3. The summed E-state index contributed by atoms with van der Waals surface area (Å²) < 4.78 is 0. The Morgan fingerprint density at radius 2 is 1.95 bits per heavy atom. The van der Waals surface area contributed by atoms with Gasteiger partial charge in [-0.3, -0.25) is 9.59 Å². The Balaban J connectivity index is 0.00000180. The minimum absolute atomic E-state index is 0. The molecule has 19 heavy (non-hydrogen) atoms. The van der Waals surface area contributed by atoms with E-state index < -0.39 is 6.04 Å². The monoisotopic (exact) mass is 283 g/mol. The Kier molecular flexibility index (Phi) is 5.32. The van der Waals surface area contributed by atoms with Crippen molar-refractivity contribution in [2.75, 3.05) is 5.32 Å². The maximum absolute atomic E-state index is 12.0. The molecule has 0 bridgehead atoms. The van der Waals surface area contributed by atoms with E-state index >= 15 is 0 Å². The van der Waals surface area contributed by atoms with Crippen molar-refractivity contribution in [2.24, 2.45) is 5.73 Å². The highest BCUT2D eigenvalue weighted by Gasteiger charge is 2.25. The van der Waals surface area contributed by atoms with Crippen LogP contribution >= 0.6 is 12.4 Å². The van der Waals surface area contributed by atoms with E-state index in [2.05, 4.69) is 10.6 Å². The normalized spacial score (nSPS) is 15.1. The summed E-state index contributed by atoms with van der Waals surface area (Å²) in [6.45, 7) is 1.60. The second kappa shape index (κ2) is 6.54. The van der Waals surface area contributed by atoms with Crippen LogP contribution in [-0.4, -0.2) is 23.9 Å². The van der Waals surface area contributed by atoms with Gasteiger partial charge in [0.1, 0.15) is 0 Å². The first-order valence-corrected chi connectivity index (χ1v) is 6.04. The van der Waals surface area contributed by atoms with E-state index in [0.717, 1.165) is 12.8 Å². The zero-order valence-electron chi connectivity index (χ0n) is 10.7. The molecular formula is C13H18ClN3O2. The summed E-state index contributed by atoms with van der Waals surface area (Å²) in [7, 11) is 0. The van der Waals surface area contributed by atoms with Crippen molar-refractivity contribution >= 4 is 29.9 Å². The van der Waals surface area contributed by atoms with Crippen molar-refractivity contribution in [3.63, 3.8) is 0 Å². The van der Waals surface area contributed by atoms with Crippen LogP contribution in [0, 0.1) is 0 Å². The summed E-state index contributed by atoms with van der Waals surface area (Å²) in [5.74, 6) is -0.459. The standard InChI is InChI=1S/C13H17N3O2.ClH/c1-8(14)12(17)16-11-5-3-2-4-10(11)13(18)15-9-6-7-9;/h2-5,8-9H,6-7,14H2,1H3,(H,15,18)(H,16,17);1H/t8-;/m1./s1.